The lowest BCUT2D eigenvalue weighted by Crippen LogP contribution is -2.37. The van der Waals surface area contributed by atoms with Gasteiger partial charge in [0.25, 0.3) is 5.91 Å². The quantitative estimate of drug-likeness (QED) is 0.797. The minimum absolute atomic E-state index is 0.00450. The first-order valence-corrected chi connectivity index (χ1v) is 9.57. The van der Waals surface area contributed by atoms with Crippen LogP contribution >= 0.6 is 0 Å². The predicted octanol–water partition coefficient (Wildman–Crippen LogP) is 3.41. The Morgan fingerprint density at radius 3 is 2.36 bits per heavy atom. The lowest BCUT2D eigenvalue weighted by molar-refractivity contribution is -0.117. The second kappa shape index (κ2) is 8.78. The molecular weight excluding hydrogens is 356 g/mol. The van der Waals surface area contributed by atoms with Gasteiger partial charge in [-0.05, 0) is 69.3 Å². The number of ether oxygens (including phenoxy) is 2. The summed E-state index contributed by atoms with van der Waals surface area (Å²) >= 11 is 0. The lowest BCUT2D eigenvalue weighted by Gasteiger charge is -2.18. The highest BCUT2D eigenvalue weighted by atomic mass is 16.5. The maximum atomic E-state index is 12.5. The Morgan fingerprint density at radius 2 is 1.75 bits per heavy atom. The molecule has 2 aromatic rings. The molecule has 6 heteroatoms. The number of hydrogen-bond acceptors (Lipinski definition) is 4. The van der Waals surface area contributed by atoms with Gasteiger partial charge in [0.15, 0.2) is 0 Å². The van der Waals surface area contributed by atoms with Gasteiger partial charge in [-0.3, -0.25) is 9.59 Å². The van der Waals surface area contributed by atoms with Crippen molar-refractivity contribution in [1.82, 2.24) is 5.32 Å². The number of nitrogens with zero attached hydrogens (tertiary/aromatic N) is 1. The van der Waals surface area contributed by atoms with Crippen molar-refractivity contribution < 1.29 is 19.1 Å². The molecule has 28 heavy (non-hydrogen) atoms. The van der Waals surface area contributed by atoms with Gasteiger partial charge >= 0.3 is 0 Å². The Kier molecular flexibility index (Phi) is 6.19. The van der Waals surface area contributed by atoms with Crippen LogP contribution in [-0.2, 0) is 4.79 Å². The third-order valence-corrected chi connectivity index (χ3v) is 4.41. The van der Waals surface area contributed by atoms with E-state index in [-0.39, 0.29) is 30.4 Å². The van der Waals surface area contributed by atoms with E-state index >= 15 is 0 Å². The van der Waals surface area contributed by atoms with E-state index in [1.807, 2.05) is 45.0 Å². The van der Waals surface area contributed by atoms with E-state index < -0.39 is 0 Å². The maximum Gasteiger partial charge on any atom is 0.251 e. The van der Waals surface area contributed by atoms with Crippen LogP contribution in [0.1, 0.15) is 37.6 Å². The van der Waals surface area contributed by atoms with Crippen molar-refractivity contribution in [3.05, 3.63) is 54.1 Å². The van der Waals surface area contributed by atoms with Crippen LogP contribution in [0.4, 0.5) is 5.69 Å². The first-order chi connectivity index (χ1) is 13.5. The van der Waals surface area contributed by atoms with Crippen molar-refractivity contribution in [2.24, 2.45) is 0 Å². The van der Waals surface area contributed by atoms with Crippen molar-refractivity contribution >= 4 is 17.5 Å². The molecule has 148 valence electrons. The Morgan fingerprint density at radius 1 is 1.11 bits per heavy atom. The van der Waals surface area contributed by atoms with Gasteiger partial charge in [0.2, 0.25) is 5.91 Å². The second-order valence-electron chi connectivity index (χ2n) is 7.00. The number of amides is 2. The minimum Gasteiger partial charge on any atom is -0.494 e. The number of carbonyl (C=O) groups excluding carboxylic acids is 2. The van der Waals surface area contributed by atoms with Crippen molar-refractivity contribution in [1.29, 1.82) is 0 Å². The number of rotatable bonds is 7. The zero-order valence-electron chi connectivity index (χ0n) is 16.5. The van der Waals surface area contributed by atoms with E-state index in [9.17, 15) is 9.59 Å². The van der Waals surface area contributed by atoms with Crippen LogP contribution in [0.15, 0.2) is 48.5 Å². The average Bonchev–Trinajstić information content (AvgIpc) is 3.03. The van der Waals surface area contributed by atoms with Crippen LogP contribution in [0.2, 0.25) is 0 Å². The molecule has 2 aromatic carbocycles. The highest BCUT2D eigenvalue weighted by Crippen LogP contribution is 2.24. The number of anilines is 1. The molecule has 0 aromatic heterocycles. The average molecular weight is 382 g/mol. The van der Waals surface area contributed by atoms with Crippen molar-refractivity contribution in [3.8, 4) is 11.5 Å². The van der Waals surface area contributed by atoms with Crippen LogP contribution in [0.3, 0.4) is 0 Å². The fraction of sp³-hybridized carbons (Fsp3) is 0.364. The summed E-state index contributed by atoms with van der Waals surface area (Å²) in [6.07, 6.45) is 0.366. The van der Waals surface area contributed by atoms with E-state index in [0.29, 0.717) is 18.7 Å². The Labute approximate surface area is 165 Å². The number of carbonyl (C=O) groups is 2. The van der Waals surface area contributed by atoms with Crippen molar-refractivity contribution in [3.63, 3.8) is 0 Å². The van der Waals surface area contributed by atoms with Crippen LogP contribution < -0.4 is 19.7 Å². The van der Waals surface area contributed by atoms with Gasteiger partial charge in [0, 0.05) is 24.2 Å². The molecule has 0 unspecified atom stereocenters. The standard InChI is InChI=1S/C22H26N2O4/c1-4-27-19-11-7-18(8-12-19)24-14-17(13-21(24)25)23-22(26)16-5-9-20(10-6-16)28-15(2)3/h5-12,15,17H,4,13-14H2,1-3H3,(H,23,26)/t17-/m0/s1. The molecule has 1 fully saturated rings. The molecule has 1 saturated heterocycles. The molecule has 1 heterocycles. The summed E-state index contributed by atoms with van der Waals surface area (Å²) in [6, 6.07) is 14.2. The highest BCUT2D eigenvalue weighted by molar-refractivity contribution is 5.99. The monoisotopic (exact) mass is 382 g/mol. The molecule has 1 atom stereocenters. The molecule has 0 radical (unpaired) electrons. The van der Waals surface area contributed by atoms with Gasteiger partial charge in [0.05, 0.1) is 18.8 Å². The molecule has 1 aliphatic rings. The van der Waals surface area contributed by atoms with Crippen LogP contribution in [0.25, 0.3) is 0 Å². The number of hydrogen-bond donors (Lipinski definition) is 1. The van der Waals surface area contributed by atoms with Crippen molar-refractivity contribution in [2.75, 3.05) is 18.1 Å². The van der Waals surface area contributed by atoms with Gasteiger partial charge in [-0.2, -0.15) is 0 Å². The summed E-state index contributed by atoms with van der Waals surface area (Å²) in [5.41, 5.74) is 1.35. The van der Waals surface area contributed by atoms with Gasteiger partial charge in [-0.1, -0.05) is 0 Å². The molecule has 2 amide bonds. The summed E-state index contributed by atoms with van der Waals surface area (Å²) in [5.74, 6) is 1.30. The Balaban J connectivity index is 1.59. The number of benzene rings is 2. The normalized spacial score (nSPS) is 16.4. The van der Waals surface area contributed by atoms with Gasteiger partial charge in [0.1, 0.15) is 11.5 Å². The van der Waals surface area contributed by atoms with E-state index in [4.69, 9.17) is 9.47 Å². The molecule has 0 saturated carbocycles. The molecule has 3 rings (SSSR count). The van der Waals surface area contributed by atoms with Crippen molar-refractivity contribution in [2.45, 2.75) is 39.3 Å². The summed E-state index contributed by atoms with van der Waals surface area (Å²) in [4.78, 5) is 26.6. The topological polar surface area (TPSA) is 67.9 Å². The second-order valence-corrected chi connectivity index (χ2v) is 7.00. The smallest absolute Gasteiger partial charge is 0.251 e. The van der Waals surface area contributed by atoms with Gasteiger partial charge in [-0.25, -0.2) is 0 Å². The third-order valence-electron chi connectivity index (χ3n) is 4.41. The first kappa shape index (κ1) is 19.7. The molecule has 1 N–H and O–H groups in total. The highest BCUT2D eigenvalue weighted by Gasteiger charge is 2.31. The lowest BCUT2D eigenvalue weighted by atomic mass is 10.1. The van der Waals surface area contributed by atoms with Crippen LogP contribution in [0.5, 0.6) is 11.5 Å². The SMILES string of the molecule is CCOc1ccc(N2C[C@@H](NC(=O)c3ccc(OC(C)C)cc3)CC2=O)cc1. The van der Waals surface area contributed by atoms with E-state index in [1.165, 1.54) is 0 Å². The Bertz CT molecular complexity index is 815. The van der Waals surface area contributed by atoms with Crippen LogP contribution in [0, 0.1) is 0 Å². The Hall–Kier alpha value is -3.02. The van der Waals surface area contributed by atoms with Crippen LogP contribution in [-0.4, -0.2) is 37.1 Å². The largest absolute Gasteiger partial charge is 0.494 e. The van der Waals surface area contributed by atoms with Gasteiger partial charge < -0.3 is 19.7 Å². The maximum absolute atomic E-state index is 12.5. The summed E-state index contributed by atoms with van der Waals surface area (Å²) in [7, 11) is 0. The minimum atomic E-state index is -0.224. The molecule has 0 spiro atoms. The zero-order chi connectivity index (χ0) is 20.1. The first-order valence-electron chi connectivity index (χ1n) is 9.57. The zero-order valence-corrected chi connectivity index (χ0v) is 16.5. The molecule has 6 nitrogen and oxygen atoms in total. The van der Waals surface area contributed by atoms with E-state index in [2.05, 4.69) is 5.32 Å². The molecule has 0 aliphatic carbocycles. The molecule has 0 bridgehead atoms. The van der Waals surface area contributed by atoms with E-state index in [0.717, 1.165) is 17.2 Å². The number of nitrogens with one attached hydrogen (secondary N) is 1. The predicted molar refractivity (Wildman–Crippen MR) is 108 cm³/mol. The molecular formula is C22H26N2O4. The fourth-order valence-electron chi connectivity index (χ4n) is 3.17. The fourth-order valence-corrected chi connectivity index (χ4v) is 3.17. The van der Waals surface area contributed by atoms with E-state index in [1.54, 1.807) is 29.2 Å². The summed E-state index contributed by atoms with van der Waals surface area (Å²) in [5, 5.41) is 2.95. The summed E-state index contributed by atoms with van der Waals surface area (Å²) in [6.45, 7) is 6.88. The van der Waals surface area contributed by atoms with Gasteiger partial charge in [-0.15, -0.1) is 0 Å². The molecule has 1 aliphatic heterocycles. The summed E-state index contributed by atoms with van der Waals surface area (Å²) < 4.78 is 11.0. The third kappa shape index (κ3) is 4.82.